The molecule has 0 spiro atoms. The third-order valence-corrected chi connectivity index (χ3v) is 3.17. The Bertz CT molecular complexity index is 797. The van der Waals surface area contributed by atoms with E-state index in [9.17, 15) is 14.3 Å². The number of carbonyl (C=O) groups is 1. The highest BCUT2D eigenvalue weighted by Gasteiger charge is 2.18. The molecule has 21 heavy (non-hydrogen) atoms. The second-order valence-corrected chi connectivity index (χ2v) is 4.50. The maximum atomic E-state index is 13.8. The van der Waals surface area contributed by atoms with E-state index < -0.39 is 11.8 Å². The number of carboxylic acids is 1. The van der Waals surface area contributed by atoms with Crippen molar-refractivity contribution in [1.82, 2.24) is 9.97 Å². The summed E-state index contributed by atoms with van der Waals surface area (Å²) in [5.74, 6) is -1.57. The predicted octanol–water partition coefficient (Wildman–Crippen LogP) is 3.58. The molecule has 0 atom stereocenters. The van der Waals surface area contributed by atoms with Gasteiger partial charge in [-0.05, 0) is 17.7 Å². The molecular formula is C16H11FN2O2. The first kappa shape index (κ1) is 13.1. The fourth-order valence-electron chi connectivity index (χ4n) is 2.19. The summed E-state index contributed by atoms with van der Waals surface area (Å²) in [6.07, 6.45) is 2.56. The Labute approximate surface area is 119 Å². The molecule has 0 unspecified atom stereocenters. The van der Waals surface area contributed by atoms with Crippen molar-refractivity contribution in [3.05, 3.63) is 66.2 Å². The van der Waals surface area contributed by atoms with Crippen molar-refractivity contribution in [2.75, 3.05) is 0 Å². The van der Waals surface area contributed by atoms with Crippen molar-refractivity contribution in [2.24, 2.45) is 0 Å². The Morgan fingerprint density at radius 3 is 2.62 bits per heavy atom. The van der Waals surface area contributed by atoms with Crippen molar-refractivity contribution in [2.45, 2.75) is 0 Å². The van der Waals surface area contributed by atoms with Crippen LogP contribution in [0.15, 0.2) is 54.9 Å². The minimum Gasteiger partial charge on any atom is -0.478 e. The quantitative estimate of drug-likeness (QED) is 0.771. The summed E-state index contributed by atoms with van der Waals surface area (Å²) in [7, 11) is 0. The molecule has 1 aromatic carbocycles. The second-order valence-electron chi connectivity index (χ2n) is 4.50. The van der Waals surface area contributed by atoms with Gasteiger partial charge in [-0.25, -0.2) is 9.18 Å². The molecule has 0 aliphatic heterocycles. The molecule has 0 radical (unpaired) electrons. The molecule has 0 saturated heterocycles. The Morgan fingerprint density at radius 1 is 1.19 bits per heavy atom. The average molecular weight is 282 g/mol. The molecule has 5 heteroatoms. The zero-order chi connectivity index (χ0) is 14.8. The summed E-state index contributed by atoms with van der Waals surface area (Å²) in [5.41, 5.74) is 1.98. The fraction of sp³-hybridized carbons (Fsp3) is 0. The number of benzene rings is 1. The van der Waals surface area contributed by atoms with Crippen molar-refractivity contribution in [3.8, 4) is 22.5 Å². The van der Waals surface area contributed by atoms with Crippen LogP contribution < -0.4 is 0 Å². The third kappa shape index (κ3) is 2.41. The van der Waals surface area contributed by atoms with Crippen LogP contribution in [0.5, 0.6) is 0 Å². The third-order valence-electron chi connectivity index (χ3n) is 3.17. The van der Waals surface area contributed by atoms with E-state index in [1.165, 1.54) is 18.3 Å². The summed E-state index contributed by atoms with van der Waals surface area (Å²) in [6, 6.07) is 12.0. The largest absolute Gasteiger partial charge is 0.478 e. The molecule has 0 fully saturated rings. The Kier molecular flexibility index (Phi) is 3.23. The van der Waals surface area contributed by atoms with Gasteiger partial charge < -0.3 is 10.1 Å². The van der Waals surface area contributed by atoms with Gasteiger partial charge in [-0.1, -0.05) is 30.3 Å². The van der Waals surface area contributed by atoms with E-state index in [2.05, 4.69) is 9.97 Å². The highest BCUT2D eigenvalue weighted by Crippen LogP contribution is 2.29. The van der Waals surface area contributed by atoms with Gasteiger partial charge in [-0.15, -0.1) is 0 Å². The van der Waals surface area contributed by atoms with E-state index in [0.29, 0.717) is 11.4 Å². The minimum atomic E-state index is -1.06. The van der Waals surface area contributed by atoms with Crippen LogP contribution in [-0.2, 0) is 0 Å². The number of pyridine rings is 1. The predicted molar refractivity (Wildman–Crippen MR) is 76.4 cm³/mol. The number of aromatic nitrogens is 2. The first-order valence-corrected chi connectivity index (χ1v) is 6.28. The van der Waals surface area contributed by atoms with Crippen molar-refractivity contribution < 1.29 is 14.3 Å². The van der Waals surface area contributed by atoms with Crippen LogP contribution in [-0.4, -0.2) is 21.0 Å². The number of carboxylic acid groups (broad SMARTS) is 1. The smallest absolute Gasteiger partial charge is 0.337 e. The lowest BCUT2D eigenvalue weighted by Gasteiger charge is -2.01. The summed E-state index contributed by atoms with van der Waals surface area (Å²) in [4.78, 5) is 18.1. The maximum absolute atomic E-state index is 13.8. The molecule has 2 heterocycles. The van der Waals surface area contributed by atoms with E-state index in [4.69, 9.17) is 0 Å². The molecule has 3 rings (SSSR count). The molecule has 0 bridgehead atoms. The van der Waals surface area contributed by atoms with E-state index in [-0.39, 0.29) is 11.1 Å². The van der Waals surface area contributed by atoms with E-state index in [1.54, 1.807) is 12.1 Å². The average Bonchev–Trinajstić information content (AvgIpc) is 2.94. The zero-order valence-electron chi connectivity index (χ0n) is 10.9. The number of aromatic carboxylic acids is 1. The normalized spacial score (nSPS) is 10.5. The SMILES string of the molecule is O=C(O)c1cc(-c2ccncc2F)[nH]c1-c1ccccc1. The molecule has 0 aliphatic rings. The molecular weight excluding hydrogens is 271 g/mol. The number of H-pyrrole nitrogens is 1. The number of rotatable bonds is 3. The molecule has 3 aromatic rings. The molecule has 4 nitrogen and oxygen atoms in total. The summed E-state index contributed by atoms with van der Waals surface area (Å²) < 4.78 is 13.8. The van der Waals surface area contributed by atoms with Gasteiger partial charge in [0.1, 0.15) is 0 Å². The highest BCUT2D eigenvalue weighted by molar-refractivity contribution is 5.97. The first-order chi connectivity index (χ1) is 10.2. The first-order valence-electron chi connectivity index (χ1n) is 6.28. The van der Waals surface area contributed by atoms with Gasteiger partial charge in [0.05, 0.1) is 17.5 Å². The van der Waals surface area contributed by atoms with Gasteiger partial charge in [0.25, 0.3) is 0 Å². The number of aromatic amines is 1. The van der Waals surface area contributed by atoms with Gasteiger partial charge in [-0.3, -0.25) is 4.98 Å². The maximum Gasteiger partial charge on any atom is 0.337 e. The van der Waals surface area contributed by atoms with Gasteiger partial charge in [0.15, 0.2) is 5.82 Å². The highest BCUT2D eigenvalue weighted by atomic mass is 19.1. The van der Waals surface area contributed by atoms with Crippen LogP contribution in [0.25, 0.3) is 22.5 Å². The van der Waals surface area contributed by atoms with Crippen LogP contribution in [0.4, 0.5) is 4.39 Å². The summed E-state index contributed by atoms with van der Waals surface area (Å²) in [5, 5.41) is 9.33. The Morgan fingerprint density at radius 2 is 1.95 bits per heavy atom. The lowest BCUT2D eigenvalue weighted by molar-refractivity contribution is 0.0698. The number of halogens is 1. The van der Waals surface area contributed by atoms with Gasteiger partial charge >= 0.3 is 5.97 Å². The molecule has 104 valence electrons. The summed E-state index contributed by atoms with van der Waals surface area (Å²) in [6.45, 7) is 0. The van der Waals surface area contributed by atoms with Crippen LogP contribution in [0.2, 0.25) is 0 Å². The lowest BCUT2D eigenvalue weighted by atomic mass is 10.1. The van der Waals surface area contributed by atoms with Crippen LogP contribution in [0, 0.1) is 5.82 Å². The molecule has 0 amide bonds. The molecule has 0 aliphatic carbocycles. The van der Waals surface area contributed by atoms with Gasteiger partial charge in [0.2, 0.25) is 0 Å². The lowest BCUT2D eigenvalue weighted by Crippen LogP contribution is -1.96. The number of nitrogens with one attached hydrogen (secondary N) is 1. The second kappa shape index (κ2) is 5.20. The summed E-state index contributed by atoms with van der Waals surface area (Å²) >= 11 is 0. The van der Waals surface area contributed by atoms with Crippen LogP contribution >= 0.6 is 0 Å². The number of hydrogen-bond acceptors (Lipinski definition) is 2. The zero-order valence-corrected chi connectivity index (χ0v) is 10.9. The van der Waals surface area contributed by atoms with Crippen molar-refractivity contribution in [3.63, 3.8) is 0 Å². The standard InChI is InChI=1S/C16H11FN2O2/c17-13-9-18-7-6-11(13)14-8-12(16(20)21)15(19-14)10-4-2-1-3-5-10/h1-9,19H,(H,20,21). The van der Waals surface area contributed by atoms with Crippen molar-refractivity contribution >= 4 is 5.97 Å². The van der Waals surface area contributed by atoms with E-state index >= 15 is 0 Å². The van der Waals surface area contributed by atoms with E-state index in [1.807, 2.05) is 18.2 Å². The monoisotopic (exact) mass is 282 g/mol. The van der Waals surface area contributed by atoms with Gasteiger partial charge in [0, 0.05) is 17.5 Å². The van der Waals surface area contributed by atoms with Gasteiger partial charge in [-0.2, -0.15) is 0 Å². The molecule has 0 saturated carbocycles. The fourth-order valence-corrected chi connectivity index (χ4v) is 2.19. The molecule has 2 aromatic heterocycles. The van der Waals surface area contributed by atoms with Crippen LogP contribution in [0.3, 0.4) is 0 Å². The van der Waals surface area contributed by atoms with Crippen LogP contribution in [0.1, 0.15) is 10.4 Å². The Hall–Kier alpha value is -2.95. The number of hydrogen-bond donors (Lipinski definition) is 2. The minimum absolute atomic E-state index is 0.104. The Balaban J connectivity index is 2.18. The van der Waals surface area contributed by atoms with Crippen molar-refractivity contribution in [1.29, 1.82) is 0 Å². The topological polar surface area (TPSA) is 66.0 Å². The van der Waals surface area contributed by atoms with E-state index in [0.717, 1.165) is 11.8 Å². The molecule has 2 N–H and O–H groups in total. The number of nitrogens with zero attached hydrogens (tertiary/aromatic N) is 1.